The van der Waals surface area contributed by atoms with Crippen LogP contribution in [0.2, 0.25) is 5.02 Å². The predicted octanol–water partition coefficient (Wildman–Crippen LogP) is 3.11. The molecule has 28 heavy (non-hydrogen) atoms. The molecule has 10 heteroatoms. The molecule has 1 heterocycles. The molecular weight excluding hydrogens is 410 g/mol. The summed E-state index contributed by atoms with van der Waals surface area (Å²) in [7, 11) is -2.54. The van der Waals surface area contributed by atoms with E-state index in [1.54, 1.807) is 13.8 Å². The molecule has 0 saturated heterocycles. The third-order valence-electron chi connectivity index (χ3n) is 3.89. The van der Waals surface area contributed by atoms with Gasteiger partial charge in [0.2, 0.25) is 15.8 Å². The second-order valence-electron chi connectivity index (χ2n) is 5.56. The Balaban J connectivity index is 2.19. The Bertz CT molecular complexity index is 964. The van der Waals surface area contributed by atoms with E-state index in [9.17, 15) is 18.0 Å². The minimum Gasteiger partial charge on any atom is -0.463 e. The van der Waals surface area contributed by atoms with Crippen molar-refractivity contribution < 1.29 is 31.9 Å². The highest BCUT2D eigenvalue weighted by molar-refractivity contribution is 7.89. The maximum atomic E-state index is 12.6. The fourth-order valence-electron chi connectivity index (χ4n) is 2.41. The number of methoxy groups -OCH3 is 1. The van der Waals surface area contributed by atoms with Gasteiger partial charge in [0.15, 0.2) is 0 Å². The van der Waals surface area contributed by atoms with Crippen LogP contribution in [0.3, 0.4) is 0 Å². The molecular formula is C18H20ClNO7S. The number of esters is 2. The summed E-state index contributed by atoms with van der Waals surface area (Å²) in [6, 6.07) is 6.70. The van der Waals surface area contributed by atoms with E-state index in [0.29, 0.717) is 13.1 Å². The Labute approximate surface area is 168 Å². The standard InChI is InChI=1S/C18H20ClNO7S/c1-4-20(5-2)28(23,24)13-7-8-15(19)14(10-13)17(21)26-11-12-6-9-16(27-12)18(22)25-3/h6-10H,4-5,11H2,1-3H3. The average Bonchev–Trinajstić information content (AvgIpc) is 3.15. The van der Waals surface area contributed by atoms with Crippen LogP contribution >= 0.6 is 11.6 Å². The number of carbonyl (C=O) groups excluding carboxylic acids is 2. The highest BCUT2D eigenvalue weighted by Gasteiger charge is 2.24. The summed E-state index contributed by atoms with van der Waals surface area (Å²) >= 11 is 6.04. The van der Waals surface area contributed by atoms with Crippen LogP contribution in [-0.2, 0) is 26.1 Å². The number of ether oxygens (including phenoxy) is 2. The maximum absolute atomic E-state index is 12.6. The van der Waals surface area contributed by atoms with Gasteiger partial charge in [-0.05, 0) is 30.3 Å². The Morgan fingerprint density at radius 3 is 2.39 bits per heavy atom. The number of nitrogens with zero attached hydrogens (tertiary/aromatic N) is 1. The number of sulfonamides is 1. The summed E-state index contributed by atoms with van der Waals surface area (Å²) < 4.78 is 41.4. The molecule has 8 nitrogen and oxygen atoms in total. The van der Waals surface area contributed by atoms with E-state index in [1.807, 2.05) is 0 Å². The Morgan fingerprint density at radius 2 is 1.79 bits per heavy atom. The Hall–Kier alpha value is -2.36. The van der Waals surface area contributed by atoms with Crippen molar-refractivity contribution >= 4 is 33.6 Å². The van der Waals surface area contributed by atoms with Gasteiger partial charge < -0.3 is 13.9 Å². The largest absolute Gasteiger partial charge is 0.463 e. The monoisotopic (exact) mass is 429 g/mol. The molecule has 1 aromatic heterocycles. The van der Waals surface area contributed by atoms with Crippen molar-refractivity contribution in [3.63, 3.8) is 0 Å². The molecule has 2 aromatic rings. The third kappa shape index (κ3) is 4.73. The minimum absolute atomic E-state index is 0.0288. The van der Waals surface area contributed by atoms with Gasteiger partial charge in [-0.1, -0.05) is 25.4 Å². The minimum atomic E-state index is -3.75. The number of carbonyl (C=O) groups is 2. The van der Waals surface area contributed by atoms with Gasteiger partial charge in [0.05, 0.1) is 22.6 Å². The molecule has 0 radical (unpaired) electrons. The van der Waals surface area contributed by atoms with Crippen LogP contribution in [-0.4, -0.2) is 44.9 Å². The van der Waals surface area contributed by atoms with Gasteiger partial charge in [-0.15, -0.1) is 0 Å². The number of furan rings is 1. The number of halogens is 1. The quantitative estimate of drug-likeness (QED) is 0.594. The summed E-state index contributed by atoms with van der Waals surface area (Å²) in [5, 5.41) is 0.0539. The third-order valence-corrected chi connectivity index (χ3v) is 6.27. The highest BCUT2D eigenvalue weighted by atomic mass is 35.5. The summed E-state index contributed by atoms with van der Waals surface area (Å²) in [5.41, 5.74) is -0.0883. The van der Waals surface area contributed by atoms with Crippen molar-refractivity contribution in [1.82, 2.24) is 4.31 Å². The fourth-order valence-corrected chi connectivity index (χ4v) is 4.09. The second-order valence-corrected chi connectivity index (χ2v) is 7.91. The number of hydrogen-bond donors (Lipinski definition) is 0. The lowest BCUT2D eigenvalue weighted by molar-refractivity contribution is 0.0438. The van der Waals surface area contributed by atoms with Gasteiger partial charge in [0.25, 0.3) is 0 Å². The normalized spacial score (nSPS) is 11.5. The van der Waals surface area contributed by atoms with E-state index < -0.39 is 22.0 Å². The number of benzene rings is 1. The van der Waals surface area contributed by atoms with Crippen LogP contribution in [0.1, 0.15) is 40.5 Å². The molecule has 1 aromatic carbocycles. The zero-order valence-electron chi connectivity index (χ0n) is 15.6. The first-order valence-corrected chi connectivity index (χ1v) is 10.2. The molecule has 2 rings (SSSR count). The van der Waals surface area contributed by atoms with E-state index in [2.05, 4.69) is 4.74 Å². The van der Waals surface area contributed by atoms with Crippen LogP contribution in [0.25, 0.3) is 0 Å². The fraction of sp³-hybridized carbons (Fsp3) is 0.333. The van der Waals surface area contributed by atoms with Crippen molar-refractivity contribution in [3.05, 3.63) is 52.4 Å². The van der Waals surface area contributed by atoms with Crippen LogP contribution in [0.4, 0.5) is 0 Å². The molecule has 0 aliphatic heterocycles. The molecule has 152 valence electrons. The summed E-state index contributed by atoms with van der Waals surface area (Å²) in [6.45, 7) is 3.76. The molecule has 0 unspecified atom stereocenters. The molecule has 0 fully saturated rings. The number of rotatable bonds is 8. The van der Waals surface area contributed by atoms with E-state index in [4.69, 9.17) is 20.8 Å². The zero-order chi connectivity index (χ0) is 20.9. The average molecular weight is 430 g/mol. The van der Waals surface area contributed by atoms with Crippen molar-refractivity contribution in [3.8, 4) is 0 Å². The Morgan fingerprint density at radius 1 is 1.11 bits per heavy atom. The second kappa shape index (κ2) is 9.22. The van der Waals surface area contributed by atoms with Gasteiger partial charge in [-0.2, -0.15) is 4.31 Å². The first-order valence-electron chi connectivity index (χ1n) is 8.38. The Kier molecular flexibility index (Phi) is 7.22. The zero-order valence-corrected chi connectivity index (χ0v) is 17.2. The SMILES string of the molecule is CCN(CC)S(=O)(=O)c1ccc(Cl)c(C(=O)OCc2ccc(C(=O)OC)o2)c1. The van der Waals surface area contributed by atoms with E-state index in [1.165, 1.54) is 41.7 Å². The molecule has 0 amide bonds. The first-order chi connectivity index (χ1) is 13.2. The van der Waals surface area contributed by atoms with Crippen molar-refractivity contribution in [2.75, 3.05) is 20.2 Å². The molecule has 0 atom stereocenters. The van der Waals surface area contributed by atoms with Crippen LogP contribution in [0.15, 0.2) is 39.6 Å². The van der Waals surface area contributed by atoms with Gasteiger partial charge in [-0.3, -0.25) is 0 Å². The van der Waals surface area contributed by atoms with Crippen molar-refractivity contribution in [2.24, 2.45) is 0 Å². The van der Waals surface area contributed by atoms with Gasteiger partial charge in [0.1, 0.15) is 12.4 Å². The molecule has 0 N–H and O–H groups in total. The molecule has 0 bridgehead atoms. The smallest absolute Gasteiger partial charge is 0.373 e. The molecule has 0 spiro atoms. The summed E-state index contributed by atoms with van der Waals surface area (Å²) in [6.07, 6.45) is 0. The summed E-state index contributed by atoms with van der Waals surface area (Å²) in [4.78, 5) is 23.7. The first kappa shape index (κ1) is 21.9. The topological polar surface area (TPSA) is 103 Å². The molecule has 0 aliphatic carbocycles. The lowest BCUT2D eigenvalue weighted by Gasteiger charge is -2.19. The van der Waals surface area contributed by atoms with Crippen LogP contribution in [0.5, 0.6) is 0 Å². The summed E-state index contributed by atoms with van der Waals surface area (Å²) in [5.74, 6) is -1.29. The lowest BCUT2D eigenvalue weighted by atomic mass is 10.2. The lowest BCUT2D eigenvalue weighted by Crippen LogP contribution is -2.30. The van der Waals surface area contributed by atoms with Crippen LogP contribution < -0.4 is 0 Å². The molecule has 0 saturated carbocycles. The molecule has 0 aliphatic rings. The predicted molar refractivity (Wildman–Crippen MR) is 101 cm³/mol. The van der Waals surface area contributed by atoms with Crippen molar-refractivity contribution in [2.45, 2.75) is 25.3 Å². The highest BCUT2D eigenvalue weighted by Crippen LogP contribution is 2.24. The van der Waals surface area contributed by atoms with E-state index >= 15 is 0 Å². The van der Waals surface area contributed by atoms with Crippen LogP contribution in [0, 0.1) is 0 Å². The maximum Gasteiger partial charge on any atom is 0.373 e. The van der Waals surface area contributed by atoms with E-state index in [-0.39, 0.29) is 33.6 Å². The van der Waals surface area contributed by atoms with Gasteiger partial charge in [-0.25, -0.2) is 18.0 Å². The van der Waals surface area contributed by atoms with Gasteiger partial charge in [0, 0.05) is 13.1 Å². The van der Waals surface area contributed by atoms with Gasteiger partial charge >= 0.3 is 11.9 Å². The number of hydrogen-bond acceptors (Lipinski definition) is 7. The van der Waals surface area contributed by atoms with E-state index in [0.717, 1.165) is 0 Å². The van der Waals surface area contributed by atoms with Crippen molar-refractivity contribution in [1.29, 1.82) is 0 Å².